The molecule has 57 heavy (non-hydrogen) atoms. The summed E-state index contributed by atoms with van der Waals surface area (Å²) in [6.45, 7) is 3.29. The second kappa shape index (κ2) is 34.3. The van der Waals surface area contributed by atoms with Gasteiger partial charge in [-0.05, 0) is 38.5 Å². The van der Waals surface area contributed by atoms with E-state index in [0.29, 0.717) is 12.8 Å². The van der Waals surface area contributed by atoms with Crippen LogP contribution in [-0.4, -0.2) is 98.3 Å². The van der Waals surface area contributed by atoms with Gasteiger partial charge in [0, 0.05) is 12.8 Å². The van der Waals surface area contributed by atoms with Crippen LogP contribution in [0.1, 0.15) is 194 Å². The average Bonchev–Trinajstić information content (AvgIpc) is 3.19. The summed E-state index contributed by atoms with van der Waals surface area (Å²) in [5, 5.41) is 50.1. The molecule has 1 aliphatic carbocycles. The molecule has 14 heteroatoms. The molecule has 0 amide bonds. The number of unbranched alkanes of at least 4 members (excludes halogenated alkanes) is 23. The molecular weight excluding hydrogens is 755 g/mol. The number of phosphoric acid groups is 1. The minimum atomic E-state index is -5.11. The fraction of sp³-hybridized carbons (Fsp3) is 0.907. The molecule has 0 aromatic rings. The van der Waals surface area contributed by atoms with Gasteiger partial charge in [0.1, 0.15) is 43.2 Å². The van der Waals surface area contributed by atoms with Crippen LogP contribution < -0.4 is 0 Å². The molecule has 6 N–H and O–H groups in total. The minimum Gasteiger partial charge on any atom is -0.462 e. The summed E-state index contributed by atoms with van der Waals surface area (Å²) in [6.07, 6.45) is 21.2. The number of aliphatic hydroxyl groups is 5. The predicted molar refractivity (Wildman–Crippen MR) is 221 cm³/mol. The summed E-state index contributed by atoms with van der Waals surface area (Å²) in [5.74, 6) is -1.10. The van der Waals surface area contributed by atoms with Crippen LogP contribution in [0.4, 0.5) is 0 Å². The third-order valence-electron chi connectivity index (χ3n) is 10.6. The van der Waals surface area contributed by atoms with E-state index >= 15 is 0 Å². The lowest BCUT2D eigenvalue weighted by molar-refractivity contribution is -0.220. The van der Waals surface area contributed by atoms with Crippen LogP contribution in [0, 0.1) is 0 Å². The quantitative estimate of drug-likeness (QED) is 0.0151. The first-order chi connectivity index (χ1) is 27.4. The zero-order valence-electron chi connectivity index (χ0n) is 35.4. The van der Waals surface area contributed by atoms with Crippen molar-refractivity contribution in [1.29, 1.82) is 0 Å². The first-order valence-corrected chi connectivity index (χ1v) is 24.0. The number of allylic oxidation sites excluding steroid dienone is 2. The molecule has 1 fully saturated rings. The smallest absolute Gasteiger partial charge is 0.462 e. The number of carbonyl (C=O) groups excluding carboxylic acids is 2. The summed E-state index contributed by atoms with van der Waals surface area (Å²) >= 11 is 0. The number of carbonyl (C=O) groups is 2. The highest BCUT2D eigenvalue weighted by molar-refractivity contribution is 7.47. The van der Waals surface area contributed by atoms with E-state index in [9.17, 15) is 44.6 Å². The van der Waals surface area contributed by atoms with Crippen LogP contribution >= 0.6 is 7.82 Å². The van der Waals surface area contributed by atoms with Gasteiger partial charge >= 0.3 is 19.8 Å². The summed E-state index contributed by atoms with van der Waals surface area (Å²) in [7, 11) is -5.11. The van der Waals surface area contributed by atoms with Crippen molar-refractivity contribution in [2.45, 2.75) is 236 Å². The Morgan fingerprint density at radius 1 is 0.526 bits per heavy atom. The molecule has 1 saturated carbocycles. The fourth-order valence-electron chi connectivity index (χ4n) is 6.93. The Morgan fingerprint density at radius 3 is 1.33 bits per heavy atom. The van der Waals surface area contributed by atoms with Crippen molar-refractivity contribution in [2.75, 3.05) is 13.2 Å². The third-order valence-corrected chi connectivity index (χ3v) is 11.6. The largest absolute Gasteiger partial charge is 0.472 e. The molecule has 0 aliphatic heterocycles. The van der Waals surface area contributed by atoms with Gasteiger partial charge in [0.05, 0.1) is 6.61 Å². The molecule has 3 unspecified atom stereocenters. The zero-order valence-corrected chi connectivity index (χ0v) is 36.3. The van der Waals surface area contributed by atoms with E-state index in [0.717, 1.165) is 57.8 Å². The summed E-state index contributed by atoms with van der Waals surface area (Å²) < 4.78 is 33.5. The van der Waals surface area contributed by atoms with Crippen LogP contribution in [0.25, 0.3) is 0 Å². The van der Waals surface area contributed by atoms with Gasteiger partial charge < -0.3 is 39.9 Å². The Kier molecular flexibility index (Phi) is 32.3. The lowest BCUT2D eigenvalue weighted by atomic mass is 9.85. The van der Waals surface area contributed by atoms with Gasteiger partial charge in [0.25, 0.3) is 0 Å². The van der Waals surface area contributed by atoms with E-state index in [1.54, 1.807) is 0 Å². The SMILES string of the molecule is CCCCCCCC/C=C\CCCCCCCC(=O)O[C@H](COC(=O)CCCCCCCCCCCCCCC)COP(=O)(O)OC1[C@@H](O)[C@H](O)C(O)[C@H](O)[C@@H]1O. The van der Waals surface area contributed by atoms with Crippen molar-refractivity contribution >= 4 is 19.8 Å². The van der Waals surface area contributed by atoms with Crippen molar-refractivity contribution in [1.82, 2.24) is 0 Å². The van der Waals surface area contributed by atoms with E-state index in [1.165, 1.54) is 96.3 Å². The summed E-state index contributed by atoms with van der Waals surface area (Å²) in [4.78, 5) is 35.6. The predicted octanol–water partition coefficient (Wildman–Crippen LogP) is 8.28. The number of aliphatic hydroxyl groups excluding tert-OH is 5. The van der Waals surface area contributed by atoms with Gasteiger partial charge in [-0.15, -0.1) is 0 Å². The van der Waals surface area contributed by atoms with Crippen molar-refractivity contribution in [3.8, 4) is 0 Å². The maximum atomic E-state index is 12.8. The lowest BCUT2D eigenvalue weighted by Crippen LogP contribution is -2.64. The molecular formula is C43H81O13P. The molecule has 0 aromatic carbocycles. The number of phosphoric ester groups is 1. The topological polar surface area (TPSA) is 210 Å². The van der Waals surface area contributed by atoms with E-state index in [4.69, 9.17) is 18.5 Å². The van der Waals surface area contributed by atoms with Crippen molar-refractivity contribution in [3.05, 3.63) is 12.2 Å². The second-order valence-electron chi connectivity index (χ2n) is 15.9. The van der Waals surface area contributed by atoms with E-state index in [-0.39, 0.29) is 12.8 Å². The molecule has 0 spiro atoms. The lowest BCUT2D eigenvalue weighted by Gasteiger charge is -2.41. The number of esters is 2. The number of hydrogen-bond donors (Lipinski definition) is 6. The maximum Gasteiger partial charge on any atom is 0.472 e. The third kappa shape index (κ3) is 27.1. The van der Waals surface area contributed by atoms with Crippen molar-refractivity contribution in [3.63, 3.8) is 0 Å². The normalized spacial score (nSPS) is 22.7. The maximum absolute atomic E-state index is 12.8. The van der Waals surface area contributed by atoms with E-state index < -0.39 is 75.7 Å². The van der Waals surface area contributed by atoms with Crippen molar-refractivity contribution in [2.24, 2.45) is 0 Å². The van der Waals surface area contributed by atoms with Gasteiger partial charge in [-0.25, -0.2) is 4.57 Å². The van der Waals surface area contributed by atoms with Crippen LogP contribution in [0.5, 0.6) is 0 Å². The fourth-order valence-corrected chi connectivity index (χ4v) is 7.90. The molecule has 0 bridgehead atoms. The molecule has 1 aliphatic rings. The number of hydrogen-bond acceptors (Lipinski definition) is 12. The first kappa shape index (κ1) is 53.6. The highest BCUT2D eigenvalue weighted by Gasteiger charge is 2.51. The molecule has 1 rings (SSSR count). The first-order valence-electron chi connectivity index (χ1n) is 22.5. The molecule has 0 heterocycles. The Hall–Kier alpha value is -1.41. The second-order valence-corrected chi connectivity index (χ2v) is 17.3. The Labute approximate surface area is 343 Å². The highest BCUT2D eigenvalue weighted by Crippen LogP contribution is 2.47. The summed E-state index contributed by atoms with van der Waals surface area (Å²) in [6, 6.07) is 0. The summed E-state index contributed by atoms with van der Waals surface area (Å²) in [5.41, 5.74) is 0. The van der Waals surface area contributed by atoms with Crippen molar-refractivity contribution < 1.29 is 63.1 Å². The van der Waals surface area contributed by atoms with Gasteiger partial charge in [-0.3, -0.25) is 18.6 Å². The Balaban J connectivity index is 2.48. The van der Waals surface area contributed by atoms with Crippen LogP contribution in [0.2, 0.25) is 0 Å². The Morgan fingerprint density at radius 2 is 0.895 bits per heavy atom. The average molecular weight is 837 g/mol. The van der Waals surface area contributed by atoms with Crippen LogP contribution in [0.15, 0.2) is 12.2 Å². The van der Waals surface area contributed by atoms with E-state index in [1.807, 2.05) is 0 Å². The van der Waals surface area contributed by atoms with E-state index in [2.05, 4.69) is 26.0 Å². The number of rotatable bonds is 37. The zero-order chi connectivity index (χ0) is 42.2. The van der Waals surface area contributed by atoms with Gasteiger partial charge in [-0.2, -0.15) is 0 Å². The molecule has 0 radical (unpaired) electrons. The molecule has 13 nitrogen and oxygen atoms in total. The van der Waals surface area contributed by atoms with Crippen LogP contribution in [-0.2, 0) is 32.7 Å². The van der Waals surface area contributed by atoms with Gasteiger partial charge in [0.2, 0.25) is 0 Å². The number of ether oxygens (including phenoxy) is 2. The monoisotopic (exact) mass is 837 g/mol. The highest BCUT2D eigenvalue weighted by atomic mass is 31.2. The molecule has 8 atom stereocenters. The Bertz CT molecular complexity index is 1060. The van der Waals surface area contributed by atoms with Gasteiger partial charge in [-0.1, -0.05) is 154 Å². The molecule has 0 saturated heterocycles. The minimum absolute atomic E-state index is 0.0907. The standard InChI is InChI=1S/C43H81O13P/c1-3-5-7-9-11-13-15-17-18-20-22-24-26-28-30-32-37(45)55-35(34-54-57(51,52)56-43-41(49)39(47)38(46)40(48)42(43)50)33-53-36(44)31-29-27-25-23-21-19-16-14-12-10-8-6-4-2/h17-18,35,38-43,46-50H,3-16,19-34H2,1-2H3,(H,51,52)/b18-17-/t35-,38?,39-,40+,41+,42+,43?/m1/s1. The molecule has 0 aromatic heterocycles. The van der Waals surface area contributed by atoms with Crippen LogP contribution in [0.3, 0.4) is 0 Å². The van der Waals surface area contributed by atoms with Gasteiger partial charge in [0.15, 0.2) is 6.10 Å². The molecule has 336 valence electrons.